The Kier molecular flexibility index (Phi) is 12.5. The first-order valence-corrected chi connectivity index (χ1v) is 16.8. The number of ether oxygens (including phenoxy) is 7. The molecule has 0 saturated carbocycles. The zero-order valence-corrected chi connectivity index (χ0v) is 28.4. The predicted octanol–water partition coefficient (Wildman–Crippen LogP) is 7.82. The maximum Gasteiger partial charge on any atom is 0.164 e. The molecule has 1 aliphatic rings. The van der Waals surface area contributed by atoms with E-state index in [0.717, 1.165) is 22.3 Å². The van der Waals surface area contributed by atoms with Gasteiger partial charge in [0.25, 0.3) is 0 Å². The molecule has 1 N–H and O–H groups in total. The van der Waals surface area contributed by atoms with Crippen LogP contribution in [-0.2, 0) is 50.1 Å². The first kappa shape index (κ1) is 35.1. The average Bonchev–Trinajstić information content (AvgIpc) is 3.17. The molecule has 5 aromatic rings. The van der Waals surface area contributed by atoms with E-state index in [2.05, 4.69) is 0 Å². The van der Waals surface area contributed by atoms with E-state index in [0.29, 0.717) is 36.9 Å². The molecule has 5 atom stereocenters. The molecule has 0 bridgehead atoms. The van der Waals surface area contributed by atoms with Gasteiger partial charge < -0.3 is 38.3 Å². The van der Waals surface area contributed by atoms with Gasteiger partial charge in [-0.15, -0.1) is 0 Å². The molecule has 50 heavy (non-hydrogen) atoms. The molecule has 1 saturated heterocycles. The fourth-order valence-corrected chi connectivity index (χ4v) is 6.15. The van der Waals surface area contributed by atoms with E-state index >= 15 is 0 Å². The molecular weight excluding hydrogens is 632 g/mol. The van der Waals surface area contributed by atoms with E-state index in [1.54, 1.807) is 13.2 Å². The third-order valence-corrected chi connectivity index (χ3v) is 8.72. The summed E-state index contributed by atoms with van der Waals surface area (Å²) in [6, 6.07) is 43.2. The molecule has 0 radical (unpaired) electrons. The summed E-state index contributed by atoms with van der Waals surface area (Å²) in [4.78, 5) is 0. The molecule has 0 amide bonds. The van der Waals surface area contributed by atoms with Crippen molar-refractivity contribution in [1.82, 2.24) is 0 Å². The van der Waals surface area contributed by atoms with Crippen LogP contribution in [0.5, 0.6) is 17.2 Å². The first-order valence-electron chi connectivity index (χ1n) is 16.8. The second-order valence-electron chi connectivity index (χ2n) is 12.1. The molecule has 260 valence electrons. The third-order valence-electron chi connectivity index (χ3n) is 8.72. The smallest absolute Gasteiger partial charge is 0.164 e. The number of benzene rings is 5. The van der Waals surface area contributed by atoms with Crippen molar-refractivity contribution >= 4 is 0 Å². The van der Waals surface area contributed by atoms with Crippen LogP contribution in [0, 0.1) is 0 Å². The molecule has 3 unspecified atom stereocenters. The van der Waals surface area contributed by atoms with Crippen molar-refractivity contribution in [3.63, 3.8) is 0 Å². The molecule has 1 fully saturated rings. The van der Waals surface area contributed by atoms with Gasteiger partial charge in [-0.25, -0.2) is 0 Å². The van der Waals surface area contributed by atoms with E-state index in [1.165, 1.54) is 13.2 Å². The quantitative estimate of drug-likeness (QED) is 0.113. The lowest BCUT2D eigenvalue weighted by Crippen LogP contribution is -2.58. The van der Waals surface area contributed by atoms with Gasteiger partial charge >= 0.3 is 0 Å². The molecule has 6 rings (SSSR count). The summed E-state index contributed by atoms with van der Waals surface area (Å²) in [7, 11) is 3.09. The number of hydrogen-bond acceptors (Lipinski definition) is 8. The maximum absolute atomic E-state index is 11.4. The lowest BCUT2D eigenvalue weighted by molar-refractivity contribution is -0.275. The Hall–Kier alpha value is -4.70. The van der Waals surface area contributed by atoms with Gasteiger partial charge in [-0.2, -0.15) is 0 Å². The van der Waals surface area contributed by atoms with Crippen LogP contribution in [0.15, 0.2) is 133 Å². The van der Waals surface area contributed by atoms with Crippen LogP contribution in [0.1, 0.15) is 33.9 Å². The largest absolute Gasteiger partial charge is 0.507 e. The minimum Gasteiger partial charge on any atom is -0.507 e. The molecule has 8 nitrogen and oxygen atoms in total. The molecule has 8 heteroatoms. The van der Waals surface area contributed by atoms with Crippen molar-refractivity contribution in [3.8, 4) is 17.2 Å². The minimum absolute atomic E-state index is 0.0182. The average molecular weight is 677 g/mol. The summed E-state index contributed by atoms with van der Waals surface area (Å²) in [5, 5.41) is 11.4. The fraction of sp³-hybridized carbons (Fsp3) is 0.286. The van der Waals surface area contributed by atoms with E-state index in [1.807, 2.05) is 121 Å². The molecule has 1 heterocycles. The highest BCUT2D eigenvalue weighted by Crippen LogP contribution is 2.45. The monoisotopic (exact) mass is 676 g/mol. The Morgan fingerprint density at radius 1 is 0.520 bits per heavy atom. The molecule has 5 aromatic carbocycles. The van der Waals surface area contributed by atoms with Gasteiger partial charge in [0, 0.05) is 11.6 Å². The fourth-order valence-electron chi connectivity index (χ4n) is 6.15. The van der Waals surface area contributed by atoms with E-state index < -0.39 is 30.5 Å². The van der Waals surface area contributed by atoms with Crippen molar-refractivity contribution in [2.45, 2.75) is 56.9 Å². The van der Waals surface area contributed by atoms with Gasteiger partial charge in [-0.05, 0) is 28.3 Å². The number of aromatic hydroxyl groups is 1. The van der Waals surface area contributed by atoms with Gasteiger partial charge in [0.2, 0.25) is 0 Å². The predicted molar refractivity (Wildman–Crippen MR) is 190 cm³/mol. The van der Waals surface area contributed by atoms with Crippen LogP contribution >= 0.6 is 0 Å². The summed E-state index contributed by atoms with van der Waals surface area (Å²) in [6.45, 7) is 1.51. The van der Waals surface area contributed by atoms with Crippen molar-refractivity contribution < 1.29 is 38.3 Å². The summed E-state index contributed by atoms with van der Waals surface area (Å²) < 4.78 is 44.7. The molecule has 1 aliphatic heterocycles. The van der Waals surface area contributed by atoms with Crippen LogP contribution < -0.4 is 9.47 Å². The molecule has 0 aromatic heterocycles. The maximum atomic E-state index is 11.4. The number of hydrogen-bond donors (Lipinski definition) is 1. The Morgan fingerprint density at radius 2 is 0.940 bits per heavy atom. The number of phenols is 1. The van der Waals surface area contributed by atoms with Crippen molar-refractivity contribution in [1.29, 1.82) is 0 Å². The summed E-state index contributed by atoms with van der Waals surface area (Å²) in [5.41, 5.74) is 4.52. The highest BCUT2D eigenvalue weighted by Gasteiger charge is 2.49. The van der Waals surface area contributed by atoms with Crippen LogP contribution in [0.2, 0.25) is 0 Å². The zero-order valence-electron chi connectivity index (χ0n) is 28.4. The number of rotatable bonds is 16. The zero-order chi connectivity index (χ0) is 34.5. The Bertz CT molecular complexity index is 1720. The summed E-state index contributed by atoms with van der Waals surface area (Å²) in [6.07, 6.45) is -3.35. The molecule has 0 aliphatic carbocycles. The first-order chi connectivity index (χ1) is 24.6. The highest BCUT2D eigenvalue weighted by atomic mass is 16.6. The summed E-state index contributed by atoms with van der Waals surface area (Å²) in [5.74, 6) is 0.831. The van der Waals surface area contributed by atoms with Crippen LogP contribution in [0.3, 0.4) is 0 Å². The third kappa shape index (κ3) is 9.09. The Labute approximate surface area is 294 Å². The van der Waals surface area contributed by atoms with Crippen molar-refractivity contribution in [3.05, 3.63) is 161 Å². The normalized spacial score (nSPS) is 20.3. The van der Waals surface area contributed by atoms with Crippen molar-refractivity contribution in [2.24, 2.45) is 0 Å². The topological polar surface area (TPSA) is 84.8 Å². The van der Waals surface area contributed by atoms with Gasteiger partial charge in [0.1, 0.15) is 36.3 Å². The SMILES string of the molecule is COc1cc(O)c([C@@H]2OC(COCc3ccccc3)[C@@H](OCc3ccccc3)C(OCc3ccccc3)C2OCc2ccccc2)cc1OC. The molecule has 0 spiro atoms. The van der Waals surface area contributed by atoms with E-state index in [9.17, 15) is 5.11 Å². The minimum atomic E-state index is -0.791. The molecular formula is C42H44O8. The lowest BCUT2D eigenvalue weighted by atomic mass is 9.89. The Morgan fingerprint density at radius 3 is 1.42 bits per heavy atom. The number of phenolic OH excluding ortho intramolecular Hbond substituents is 1. The van der Waals surface area contributed by atoms with Crippen LogP contribution in [0.25, 0.3) is 0 Å². The van der Waals surface area contributed by atoms with Gasteiger partial charge in [-0.1, -0.05) is 121 Å². The standard InChI is InChI=1S/C42H44O8/c1-44-36-23-34(35(43)24-37(36)45-2)39-41(48-27-32-19-11-5-12-20-32)42(49-28-33-21-13-6-14-22-33)40(47-26-31-17-9-4-10-18-31)38(50-39)29-46-25-30-15-7-3-8-16-30/h3-24,38-43H,25-29H2,1-2H3/t38?,39-,40+,41?,42?/m0/s1. The summed E-state index contributed by atoms with van der Waals surface area (Å²) >= 11 is 0. The second-order valence-corrected chi connectivity index (χ2v) is 12.1. The van der Waals surface area contributed by atoms with E-state index in [4.69, 9.17) is 33.2 Å². The van der Waals surface area contributed by atoms with Crippen LogP contribution in [0.4, 0.5) is 0 Å². The van der Waals surface area contributed by atoms with Gasteiger partial charge in [-0.3, -0.25) is 0 Å². The van der Waals surface area contributed by atoms with Gasteiger partial charge in [0.15, 0.2) is 11.5 Å². The highest BCUT2D eigenvalue weighted by molar-refractivity contribution is 5.51. The number of methoxy groups -OCH3 is 2. The van der Waals surface area contributed by atoms with Crippen molar-refractivity contribution in [2.75, 3.05) is 20.8 Å². The van der Waals surface area contributed by atoms with E-state index in [-0.39, 0.29) is 19.0 Å². The second kappa shape index (κ2) is 17.8. The van der Waals surface area contributed by atoms with Gasteiger partial charge in [0.05, 0.1) is 47.3 Å². The lowest BCUT2D eigenvalue weighted by Gasteiger charge is -2.46. The Balaban J connectivity index is 1.40. The van der Waals surface area contributed by atoms with Crippen LogP contribution in [-0.4, -0.2) is 50.3 Å².